The van der Waals surface area contributed by atoms with E-state index >= 15 is 0 Å². The molecule has 0 N–H and O–H groups in total. The number of nitrogens with zero attached hydrogens (tertiary/aromatic N) is 4. The Morgan fingerprint density at radius 1 is 0.471 bits per heavy atom. The van der Waals surface area contributed by atoms with Crippen LogP contribution in [-0.2, 0) is 6.42 Å². The maximum atomic E-state index is 5.18. The Balaban J connectivity index is 0.873. The summed E-state index contributed by atoms with van der Waals surface area (Å²) in [4.78, 5) is 12.9. The molecule has 2 aliphatic carbocycles. The molecule has 0 saturated carbocycles. The van der Waals surface area contributed by atoms with Crippen molar-refractivity contribution in [2.45, 2.75) is 25.3 Å². The summed E-state index contributed by atoms with van der Waals surface area (Å²) in [5.74, 6) is 0.773. The lowest BCUT2D eigenvalue weighted by molar-refractivity contribution is 0.847. The van der Waals surface area contributed by atoms with E-state index in [0.717, 1.165) is 53.2 Å². The number of fused-ring (bicyclic) bond motifs is 9. The molecule has 320 valence electrons. The minimum Gasteiger partial charge on any atom is -0.332 e. The molecule has 0 spiro atoms. The second-order valence-electron chi connectivity index (χ2n) is 18.3. The molecule has 2 aromatic heterocycles. The topological polar surface area (TPSA) is 34.0 Å². The molecule has 3 aliphatic rings. The van der Waals surface area contributed by atoms with Crippen molar-refractivity contribution in [1.29, 1.82) is 0 Å². The molecule has 1 atom stereocenters. The van der Waals surface area contributed by atoms with E-state index in [-0.39, 0.29) is 6.04 Å². The molecule has 0 fully saturated rings. The van der Waals surface area contributed by atoms with Crippen LogP contribution in [0.15, 0.2) is 212 Å². The van der Waals surface area contributed by atoms with E-state index in [0.29, 0.717) is 0 Å². The summed E-state index contributed by atoms with van der Waals surface area (Å²) in [6.07, 6.45) is 9.70. The fraction of sp³-hybridized carbons (Fsp3) is 0.0625. The number of aromatic nitrogens is 3. The number of aryl methyl sites for hydroxylation is 1. The number of hydrogen-bond donors (Lipinski definition) is 0. The molecular weight excluding hydrogens is 825 g/mol. The van der Waals surface area contributed by atoms with Crippen LogP contribution in [-0.4, -0.2) is 20.6 Å². The summed E-state index contributed by atoms with van der Waals surface area (Å²) in [5, 5.41) is 7.62. The van der Waals surface area contributed by atoms with E-state index in [9.17, 15) is 0 Å². The summed E-state index contributed by atoms with van der Waals surface area (Å²) < 4.78 is 2.39. The molecule has 1 aliphatic heterocycles. The van der Waals surface area contributed by atoms with E-state index in [1.807, 2.05) is 0 Å². The van der Waals surface area contributed by atoms with Crippen LogP contribution in [0.1, 0.15) is 29.7 Å². The first-order valence-corrected chi connectivity index (χ1v) is 23.8. The van der Waals surface area contributed by atoms with Gasteiger partial charge in [0.1, 0.15) is 0 Å². The highest BCUT2D eigenvalue weighted by Crippen LogP contribution is 2.50. The minimum absolute atomic E-state index is 0.155. The van der Waals surface area contributed by atoms with Crippen molar-refractivity contribution >= 4 is 61.7 Å². The van der Waals surface area contributed by atoms with Crippen LogP contribution in [0.5, 0.6) is 0 Å². The van der Waals surface area contributed by atoms with Crippen LogP contribution in [0.25, 0.3) is 101 Å². The first-order chi connectivity index (χ1) is 33.7. The molecule has 3 heterocycles. The number of rotatable bonds is 6. The number of para-hydroxylation sites is 2. The lowest BCUT2D eigenvalue weighted by atomic mass is 9.90. The first kappa shape index (κ1) is 38.6. The zero-order valence-corrected chi connectivity index (χ0v) is 37.3. The highest BCUT2D eigenvalue weighted by molar-refractivity contribution is 6.11. The van der Waals surface area contributed by atoms with Crippen LogP contribution in [0.3, 0.4) is 0 Å². The third-order valence-electron chi connectivity index (χ3n) is 14.5. The Morgan fingerprint density at radius 3 is 2.01 bits per heavy atom. The standard InChI is InChI=1S/C64H44N4/c1-3-16-43(17-4-1)63-53-24-11-13-25-56(53)65-64(66-63)44-29-27-42(28-30-44)48-34-38-58(51-22-10-9-21-50(48)51)68-60-36-33-46(40-55(60)62-49-20-8-7-15-41(49)31-37-61(62)68)45-32-35-59-54(39-45)52-23-12-14-26-57(52)67(59)47-18-5-2-6-19-47/h1-12,14-24,26-36,38-40,61H,13,25,37H2. The van der Waals surface area contributed by atoms with Gasteiger partial charge in [-0.25, -0.2) is 9.97 Å². The van der Waals surface area contributed by atoms with Crippen molar-refractivity contribution in [3.05, 3.63) is 240 Å². The summed E-state index contributed by atoms with van der Waals surface area (Å²) in [6, 6.07) is 75.8. The molecule has 4 nitrogen and oxygen atoms in total. The van der Waals surface area contributed by atoms with Gasteiger partial charge in [-0.2, -0.15) is 0 Å². The lowest BCUT2D eigenvalue weighted by Gasteiger charge is -2.30. The monoisotopic (exact) mass is 868 g/mol. The largest absolute Gasteiger partial charge is 0.332 e. The lowest BCUT2D eigenvalue weighted by Crippen LogP contribution is -2.38. The third-order valence-corrected chi connectivity index (χ3v) is 14.5. The average molecular weight is 869 g/mol. The van der Waals surface area contributed by atoms with Crippen molar-refractivity contribution in [1.82, 2.24) is 14.5 Å². The molecule has 9 aromatic carbocycles. The molecule has 0 radical (unpaired) electrons. The van der Waals surface area contributed by atoms with Crippen molar-refractivity contribution in [2.75, 3.05) is 4.90 Å². The molecule has 1 unspecified atom stereocenters. The van der Waals surface area contributed by atoms with Crippen LogP contribution >= 0.6 is 0 Å². The van der Waals surface area contributed by atoms with Gasteiger partial charge in [0.2, 0.25) is 0 Å². The van der Waals surface area contributed by atoms with Crippen LogP contribution in [0, 0.1) is 0 Å². The van der Waals surface area contributed by atoms with Gasteiger partial charge in [-0.1, -0.05) is 176 Å². The quantitative estimate of drug-likeness (QED) is 0.167. The normalized spacial score (nSPS) is 14.7. The maximum absolute atomic E-state index is 5.18. The zero-order chi connectivity index (χ0) is 44.7. The fourth-order valence-electron chi connectivity index (χ4n) is 11.4. The van der Waals surface area contributed by atoms with Gasteiger partial charge in [-0.05, 0) is 111 Å². The first-order valence-electron chi connectivity index (χ1n) is 23.8. The molecule has 0 saturated heterocycles. The van der Waals surface area contributed by atoms with E-state index in [2.05, 4.69) is 234 Å². The van der Waals surface area contributed by atoms with Crippen molar-refractivity contribution in [3.8, 4) is 50.6 Å². The van der Waals surface area contributed by atoms with E-state index in [1.54, 1.807) is 0 Å². The van der Waals surface area contributed by atoms with Crippen LogP contribution in [0.4, 0.5) is 11.4 Å². The molecule has 68 heavy (non-hydrogen) atoms. The fourth-order valence-corrected chi connectivity index (χ4v) is 11.4. The van der Waals surface area contributed by atoms with E-state index in [1.165, 1.54) is 93.5 Å². The van der Waals surface area contributed by atoms with Gasteiger partial charge in [0.25, 0.3) is 0 Å². The van der Waals surface area contributed by atoms with Crippen molar-refractivity contribution in [3.63, 3.8) is 0 Å². The second-order valence-corrected chi connectivity index (χ2v) is 18.3. The number of benzene rings is 9. The van der Waals surface area contributed by atoms with Gasteiger partial charge >= 0.3 is 0 Å². The molecular formula is C64H44N4. The molecule has 4 heteroatoms. The Labute approximate surface area is 394 Å². The summed E-state index contributed by atoms with van der Waals surface area (Å²) in [5.41, 5.74) is 19.0. The summed E-state index contributed by atoms with van der Waals surface area (Å²) >= 11 is 0. The Hall–Kier alpha value is -8.60. The smallest absolute Gasteiger partial charge is 0.160 e. The highest BCUT2D eigenvalue weighted by Gasteiger charge is 2.37. The molecule has 11 aromatic rings. The number of hydrogen-bond acceptors (Lipinski definition) is 3. The molecule has 0 bridgehead atoms. The van der Waals surface area contributed by atoms with Crippen LogP contribution < -0.4 is 15.3 Å². The Bertz CT molecular complexity index is 4000. The number of anilines is 2. The van der Waals surface area contributed by atoms with Gasteiger partial charge in [-0.15, -0.1) is 0 Å². The summed E-state index contributed by atoms with van der Waals surface area (Å²) in [7, 11) is 0. The average Bonchev–Trinajstić information content (AvgIpc) is 3.93. The Morgan fingerprint density at radius 2 is 1.15 bits per heavy atom. The van der Waals surface area contributed by atoms with Crippen molar-refractivity contribution < 1.29 is 0 Å². The third kappa shape index (κ3) is 6.07. The van der Waals surface area contributed by atoms with Gasteiger partial charge in [-0.3, -0.25) is 0 Å². The van der Waals surface area contributed by atoms with E-state index in [4.69, 9.17) is 9.97 Å². The SMILES string of the molecule is C1=Cc2c(nc(-c3ccc(-c4ccc(N5c6ccc(-c7ccc8c(c7)c7ccccc7n8-c7ccccc7)cc6C6=c7ccccc7=CCC65)c5ccccc45)cc3)nc2-c2ccccc2)CC1. The minimum atomic E-state index is 0.155. The highest BCUT2D eigenvalue weighted by atomic mass is 15.2. The van der Waals surface area contributed by atoms with E-state index < -0.39 is 0 Å². The van der Waals surface area contributed by atoms with Gasteiger partial charge < -0.3 is 9.47 Å². The van der Waals surface area contributed by atoms with Gasteiger partial charge in [0, 0.05) is 55.5 Å². The summed E-state index contributed by atoms with van der Waals surface area (Å²) in [6.45, 7) is 0. The zero-order valence-electron chi connectivity index (χ0n) is 37.3. The predicted molar refractivity (Wildman–Crippen MR) is 283 cm³/mol. The molecule has 14 rings (SSSR count). The van der Waals surface area contributed by atoms with Gasteiger partial charge in [0.05, 0.1) is 28.5 Å². The van der Waals surface area contributed by atoms with Gasteiger partial charge in [0.15, 0.2) is 5.82 Å². The number of allylic oxidation sites excluding steroid dienone is 1. The van der Waals surface area contributed by atoms with Crippen LogP contribution in [0.2, 0.25) is 0 Å². The maximum Gasteiger partial charge on any atom is 0.160 e. The Kier molecular flexibility index (Phi) is 8.81. The second kappa shape index (κ2) is 15.5. The molecule has 0 amide bonds. The van der Waals surface area contributed by atoms with Crippen molar-refractivity contribution in [2.24, 2.45) is 0 Å². The predicted octanol–water partition coefficient (Wildman–Crippen LogP) is 14.3.